The van der Waals surface area contributed by atoms with E-state index in [9.17, 15) is 9.18 Å². The van der Waals surface area contributed by atoms with Crippen LogP contribution in [0.5, 0.6) is 0 Å². The van der Waals surface area contributed by atoms with Gasteiger partial charge in [0.1, 0.15) is 5.54 Å². The molecule has 1 N–H and O–H groups in total. The summed E-state index contributed by atoms with van der Waals surface area (Å²) in [5, 5.41) is 18.5. The number of nitrogens with one attached hydrogen (secondary N) is 1. The molecule has 156 valence electrons. The number of rotatable bonds is 3. The number of piperidine rings is 1. The third-order valence-electron chi connectivity index (χ3n) is 5.81. The zero-order valence-corrected chi connectivity index (χ0v) is 17.1. The van der Waals surface area contributed by atoms with Gasteiger partial charge in [0.2, 0.25) is 11.8 Å². The average Bonchev–Trinajstić information content (AvgIpc) is 3.31. The second-order valence-electron chi connectivity index (χ2n) is 8.01. The number of nitrogens with zero attached hydrogens (tertiary/aromatic N) is 6. The molecule has 2 fully saturated rings. The molecule has 1 aliphatic carbocycles. The lowest BCUT2D eigenvalue weighted by molar-refractivity contribution is -0.110. The van der Waals surface area contributed by atoms with Crippen LogP contribution in [0.15, 0.2) is 28.8 Å². The van der Waals surface area contributed by atoms with Crippen LogP contribution in [0.2, 0.25) is 5.02 Å². The van der Waals surface area contributed by atoms with E-state index in [2.05, 4.69) is 32.7 Å². The van der Waals surface area contributed by atoms with Gasteiger partial charge in [0.25, 0.3) is 5.95 Å². The minimum absolute atomic E-state index is 0.108. The number of carbonyl (C=O) groups is 1. The quantitative estimate of drug-likeness (QED) is 0.678. The van der Waals surface area contributed by atoms with Gasteiger partial charge < -0.3 is 14.6 Å². The second-order valence-corrected chi connectivity index (χ2v) is 8.42. The molecule has 3 aromatic rings. The number of hydrogen-bond acceptors (Lipinski definition) is 6. The van der Waals surface area contributed by atoms with Crippen LogP contribution in [0.3, 0.4) is 0 Å². The number of likely N-dealkylation sites (tertiary alicyclic amines) is 1. The molecule has 0 spiro atoms. The Morgan fingerprint density at radius 3 is 2.87 bits per heavy atom. The Bertz CT molecular complexity index is 1130. The van der Waals surface area contributed by atoms with Crippen molar-refractivity contribution in [1.29, 1.82) is 0 Å². The van der Waals surface area contributed by atoms with Crippen LogP contribution >= 0.6 is 11.6 Å². The van der Waals surface area contributed by atoms with Crippen LogP contribution in [0.1, 0.15) is 38.0 Å². The van der Waals surface area contributed by atoms with Gasteiger partial charge in [-0.2, -0.15) is 4.39 Å². The fourth-order valence-electron chi connectivity index (χ4n) is 4.74. The van der Waals surface area contributed by atoms with Crippen LogP contribution in [-0.4, -0.2) is 42.2 Å². The average molecular weight is 432 g/mol. The lowest BCUT2D eigenvalue weighted by atomic mass is 9.64. The normalized spacial score (nSPS) is 25.1. The Balaban J connectivity index is 1.43. The molecule has 1 aromatic carbocycles. The number of carbonyl (C=O) groups excluding carboxylic acids is 1. The van der Waals surface area contributed by atoms with Crippen molar-refractivity contribution in [2.24, 2.45) is 5.92 Å². The van der Waals surface area contributed by atoms with Gasteiger partial charge in [0, 0.05) is 25.1 Å². The zero-order valence-electron chi connectivity index (χ0n) is 16.3. The zero-order chi connectivity index (χ0) is 21.0. The van der Waals surface area contributed by atoms with Crippen molar-refractivity contribution >= 4 is 23.3 Å². The summed E-state index contributed by atoms with van der Waals surface area (Å²) in [6.45, 7) is 3.91. The number of aromatic nitrogens is 5. The van der Waals surface area contributed by atoms with Crippen molar-refractivity contribution in [1.82, 2.24) is 30.1 Å². The van der Waals surface area contributed by atoms with E-state index in [-0.39, 0.29) is 12.1 Å². The molecule has 5 rings (SSSR count). The summed E-state index contributed by atoms with van der Waals surface area (Å²) >= 11 is 6.21. The molecule has 3 heterocycles. The third kappa shape index (κ3) is 2.94. The first-order chi connectivity index (χ1) is 14.4. The number of amides is 2. The number of urea groups is 1. The molecule has 30 heavy (non-hydrogen) atoms. The van der Waals surface area contributed by atoms with E-state index in [1.165, 1.54) is 4.68 Å². The van der Waals surface area contributed by atoms with Gasteiger partial charge in [-0.05, 0) is 37.0 Å². The maximum atomic E-state index is 13.2. The standard InChI is InChI=1S/C19H19ClFN7O2/c1-10-5-13-8-19(7-10,17-25-23-11(2)30-17)28(13)18(29)22-12-3-4-14(20)15(6-12)27-9-16(21)24-26-27/h3-4,6,9-10,13H,5,7-8H2,1-2H3,(H,22,29)/t10-,13?,19?/m1/s1. The highest BCUT2D eigenvalue weighted by Crippen LogP contribution is 2.55. The van der Waals surface area contributed by atoms with E-state index in [0.29, 0.717) is 34.1 Å². The van der Waals surface area contributed by atoms with Crippen molar-refractivity contribution in [3.63, 3.8) is 0 Å². The summed E-state index contributed by atoms with van der Waals surface area (Å²) in [7, 11) is 0. The van der Waals surface area contributed by atoms with Gasteiger partial charge in [-0.3, -0.25) is 0 Å². The molecule has 2 aromatic heterocycles. The Kier molecular flexibility index (Phi) is 4.28. The van der Waals surface area contributed by atoms with E-state index in [1.807, 2.05) is 4.90 Å². The van der Waals surface area contributed by atoms with Crippen LogP contribution in [-0.2, 0) is 5.54 Å². The molecule has 2 aliphatic rings. The number of benzene rings is 1. The third-order valence-corrected chi connectivity index (χ3v) is 6.13. The smallest absolute Gasteiger partial charge is 0.323 e. The topological polar surface area (TPSA) is 102 Å². The predicted octanol–water partition coefficient (Wildman–Crippen LogP) is 3.68. The van der Waals surface area contributed by atoms with Crippen LogP contribution in [0, 0.1) is 18.8 Å². The van der Waals surface area contributed by atoms with Crippen molar-refractivity contribution in [3.8, 4) is 5.69 Å². The van der Waals surface area contributed by atoms with Crippen molar-refractivity contribution in [2.75, 3.05) is 5.32 Å². The van der Waals surface area contributed by atoms with Crippen LogP contribution in [0.25, 0.3) is 5.69 Å². The molecule has 2 amide bonds. The maximum Gasteiger partial charge on any atom is 0.323 e. The molecule has 1 aliphatic heterocycles. The minimum atomic E-state index is -0.722. The van der Waals surface area contributed by atoms with Crippen molar-refractivity contribution < 1.29 is 13.6 Å². The summed E-state index contributed by atoms with van der Waals surface area (Å²) < 4.78 is 20.2. The molecular formula is C19H19ClFN7O2. The summed E-state index contributed by atoms with van der Waals surface area (Å²) in [5.74, 6) is 0.681. The van der Waals surface area contributed by atoms with Gasteiger partial charge >= 0.3 is 6.03 Å². The van der Waals surface area contributed by atoms with E-state index < -0.39 is 11.5 Å². The Morgan fingerprint density at radius 1 is 1.33 bits per heavy atom. The number of aryl methyl sites for hydroxylation is 1. The number of hydrogen-bond donors (Lipinski definition) is 1. The van der Waals surface area contributed by atoms with Gasteiger partial charge in [0.05, 0.1) is 16.9 Å². The molecule has 1 saturated heterocycles. The molecule has 2 unspecified atom stereocenters. The summed E-state index contributed by atoms with van der Waals surface area (Å²) in [6.07, 6.45) is 3.60. The highest BCUT2D eigenvalue weighted by atomic mass is 35.5. The molecule has 1 saturated carbocycles. The molecule has 3 atom stereocenters. The van der Waals surface area contributed by atoms with Gasteiger partial charge in [-0.25, -0.2) is 9.48 Å². The number of anilines is 1. The van der Waals surface area contributed by atoms with Crippen molar-refractivity contribution in [3.05, 3.63) is 47.1 Å². The van der Waals surface area contributed by atoms with Gasteiger partial charge in [-0.15, -0.1) is 10.2 Å². The van der Waals surface area contributed by atoms with E-state index >= 15 is 0 Å². The molecular weight excluding hydrogens is 413 g/mol. The Labute approximate surface area is 176 Å². The lowest BCUT2D eigenvalue weighted by Crippen LogP contribution is -2.70. The van der Waals surface area contributed by atoms with Gasteiger partial charge in [0.15, 0.2) is 0 Å². The van der Waals surface area contributed by atoms with Gasteiger partial charge in [-0.1, -0.05) is 28.8 Å². The monoisotopic (exact) mass is 431 g/mol. The predicted molar refractivity (Wildman–Crippen MR) is 105 cm³/mol. The first-order valence-electron chi connectivity index (χ1n) is 9.64. The Hall–Kier alpha value is -3.01. The summed E-state index contributed by atoms with van der Waals surface area (Å²) in [6, 6.07) is 4.76. The minimum Gasteiger partial charge on any atom is -0.423 e. The van der Waals surface area contributed by atoms with E-state index in [1.54, 1.807) is 25.1 Å². The lowest BCUT2D eigenvalue weighted by Gasteiger charge is -2.61. The highest BCUT2D eigenvalue weighted by molar-refractivity contribution is 6.32. The Morgan fingerprint density at radius 2 is 2.17 bits per heavy atom. The second kappa shape index (κ2) is 6.76. The molecule has 0 radical (unpaired) electrons. The highest BCUT2D eigenvalue weighted by Gasteiger charge is 2.62. The van der Waals surface area contributed by atoms with Crippen molar-refractivity contribution in [2.45, 2.75) is 44.7 Å². The SMILES string of the molecule is Cc1nnc(C23CC(C[C@@H](C)C2)N3C(=O)Nc2ccc(Cl)c(-n3cc(F)nn3)c2)o1. The molecule has 9 nitrogen and oxygen atoms in total. The van der Waals surface area contributed by atoms with Crippen LogP contribution < -0.4 is 5.32 Å². The fourth-order valence-corrected chi connectivity index (χ4v) is 4.95. The molecule has 2 bridgehead atoms. The summed E-state index contributed by atoms with van der Waals surface area (Å²) in [5.41, 5.74) is 0.327. The largest absolute Gasteiger partial charge is 0.423 e. The number of halogens is 2. The summed E-state index contributed by atoms with van der Waals surface area (Å²) in [4.78, 5) is 15.0. The van der Waals surface area contributed by atoms with E-state index in [4.69, 9.17) is 16.0 Å². The first-order valence-corrected chi connectivity index (χ1v) is 10.0. The van der Waals surface area contributed by atoms with Crippen LogP contribution in [0.4, 0.5) is 14.9 Å². The van der Waals surface area contributed by atoms with E-state index in [0.717, 1.165) is 25.5 Å². The molecule has 11 heteroatoms. The number of fused-ring (bicyclic) bond motifs is 2. The first kappa shape index (κ1) is 19.0. The maximum absolute atomic E-state index is 13.2. The fraction of sp³-hybridized carbons (Fsp3) is 0.421.